The second-order valence-corrected chi connectivity index (χ2v) is 11.1. The molecule has 3 N–H and O–H groups in total. The Balaban J connectivity index is 1.85. The minimum atomic E-state index is -0.673. The van der Waals surface area contributed by atoms with Gasteiger partial charge in [0.25, 0.3) is 5.91 Å². The maximum Gasteiger partial charge on any atom is 0.368 e. The van der Waals surface area contributed by atoms with E-state index in [1.54, 1.807) is 30.0 Å². The molecule has 0 spiro atoms. The number of esters is 1. The van der Waals surface area contributed by atoms with Crippen molar-refractivity contribution in [1.29, 1.82) is 0 Å². The lowest BCUT2D eigenvalue weighted by Gasteiger charge is -2.20. The monoisotopic (exact) mass is 497 g/mol. The molecule has 0 aliphatic carbocycles. The highest BCUT2D eigenvalue weighted by atomic mass is 32.2. The van der Waals surface area contributed by atoms with Crippen LogP contribution < -0.4 is 16.0 Å². The molecule has 1 aromatic rings. The molecule has 2 rings (SSSR count). The number of hydrogen-bond donors (Lipinski definition) is 3. The van der Waals surface area contributed by atoms with E-state index >= 15 is 0 Å². The van der Waals surface area contributed by atoms with Gasteiger partial charge in [-0.1, -0.05) is 6.07 Å². The van der Waals surface area contributed by atoms with E-state index in [2.05, 4.69) is 16.0 Å². The predicted molar refractivity (Wildman–Crippen MR) is 135 cm³/mol. The van der Waals surface area contributed by atoms with E-state index in [-0.39, 0.29) is 22.5 Å². The molecule has 184 valence electrons. The zero-order valence-corrected chi connectivity index (χ0v) is 21.6. The maximum atomic E-state index is 12.7. The van der Waals surface area contributed by atoms with Gasteiger partial charge in [-0.2, -0.15) is 11.8 Å². The first-order valence-corrected chi connectivity index (χ1v) is 13.2. The Morgan fingerprint density at radius 1 is 1.27 bits per heavy atom. The molecule has 1 amide bonds. The lowest BCUT2D eigenvalue weighted by atomic mass is 10.1. The van der Waals surface area contributed by atoms with Crippen molar-refractivity contribution >= 4 is 46.4 Å². The highest BCUT2D eigenvalue weighted by molar-refractivity contribution is 8.13. The Kier molecular flexibility index (Phi) is 10.9. The summed E-state index contributed by atoms with van der Waals surface area (Å²) in [5.41, 5.74) is 0.794. The van der Waals surface area contributed by atoms with E-state index in [0.717, 1.165) is 24.4 Å². The van der Waals surface area contributed by atoms with Gasteiger partial charge in [0.05, 0.1) is 7.11 Å². The van der Waals surface area contributed by atoms with Crippen LogP contribution in [0.25, 0.3) is 0 Å². The van der Waals surface area contributed by atoms with Crippen LogP contribution in [0.15, 0.2) is 24.3 Å². The zero-order chi connectivity index (χ0) is 24.4. The van der Waals surface area contributed by atoms with Gasteiger partial charge in [-0.25, -0.2) is 9.59 Å². The number of hydrogen-bond acceptors (Lipinski definition) is 9. The van der Waals surface area contributed by atoms with Crippen molar-refractivity contribution in [1.82, 2.24) is 10.6 Å². The first kappa shape index (κ1) is 27.3. The molecule has 0 saturated carbocycles. The Hall–Kier alpha value is -1.91. The quantitative estimate of drug-likeness (QED) is 0.419. The smallest absolute Gasteiger partial charge is 0.368 e. The van der Waals surface area contributed by atoms with Crippen molar-refractivity contribution < 1.29 is 23.9 Å². The molecule has 1 saturated heterocycles. The summed E-state index contributed by atoms with van der Waals surface area (Å²) in [5, 5.41) is 9.47. The summed E-state index contributed by atoms with van der Waals surface area (Å²) in [6.45, 7) is 6.98. The third-order valence-corrected chi connectivity index (χ3v) is 6.53. The van der Waals surface area contributed by atoms with Crippen LogP contribution in [0.5, 0.6) is 0 Å². The van der Waals surface area contributed by atoms with Gasteiger partial charge in [-0.15, -0.1) is 0 Å². The maximum absolute atomic E-state index is 12.7. The molecule has 0 aromatic heterocycles. The Morgan fingerprint density at radius 3 is 2.70 bits per heavy atom. The molecule has 1 heterocycles. The number of amides is 1. The third kappa shape index (κ3) is 9.85. The number of benzene rings is 1. The fraction of sp³-hybridized carbons (Fsp3) is 0.609. The van der Waals surface area contributed by atoms with Gasteiger partial charge in [-0.3, -0.25) is 4.79 Å². The summed E-state index contributed by atoms with van der Waals surface area (Å²) in [6, 6.07) is 6.70. The second kappa shape index (κ2) is 13.1. The first-order chi connectivity index (χ1) is 15.6. The highest BCUT2D eigenvalue weighted by Gasteiger charge is 2.28. The van der Waals surface area contributed by atoms with Crippen molar-refractivity contribution in [2.24, 2.45) is 0 Å². The Morgan fingerprint density at radius 2 is 2.03 bits per heavy atom. The first-order valence-electron chi connectivity index (χ1n) is 11.0. The molecule has 3 atom stereocenters. The Labute approximate surface area is 204 Å². The van der Waals surface area contributed by atoms with E-state index in [0.29, 0.717) is 18.5 Å². The summed E-state index contributed by atoms with van der Waals surface area (Å²) < 4.78 is 10.2. The van der Waals surface area contributed by atoms with Gasteiger partial charge in [0.1, 0.15) is 11.6 Å². The number of nitrogens with one attached hydrogen (secondary N) is 3. The normalized spacial score (nSPS) is 18.9. The summed E-state index contributed by atoms with van der Waals surface area (Å²) in [4.78, 5) is 36.7. The number of methoxy groups -OCH3 is 1. The van der Waals surface area contributed by atoms with E-state index in [9.17, 15) is 14.4 Å². The fourth-order valence-electron chi connectivity index (χ4n) is 3.32. The molecular weight excluding hydrogens is 462 g/mol. The van der Waals surface area contributed by atoms with E-state index < -0.39 is 17.6 Å². The van der Waals surface area contributed by atoms with Crippen LogP contribution in [0, 0.1) is 0 Å². The lowest BCUT2D eigenvalue weighted by Crippen LogP contribution is -2.42. The number of ether oxygens (including phenoxy) is 2. The zero-order valence-electron chi connectivity index (χ0n) is 19.9. The summed E-state index contributed by atoms with van der Waals surface area (Å²) >= 11 is 2.84. The third-order valence-electron chi connectivity index (χ3n) is 4.91. The van der Waals surface area contributed by atoms with Crippen molar-refractivity contribution in [2.45, 2.75) is 56.5 Å². The van der Waals surface area contributed by atoms with Crippen LogP contribution >= 0.6 is 23.5 Å². The van der Waals surface area contributed by atoms with Crippen LogP contribution in [0.2, 0.25) is 0 Å². The number of carbonyl (C=O) groups is 3. The number of carbonyl (C=O) groups excluding carboxylic acids is 3. The largest absolute Gasteiger partial charge is 0.467 e. The number of rotatable bonds is 10. The van der Waals surface area contributed by atoms with Crippen molar-refractivity contribution in [3.63, 3.8) is 0 Å². The van der Waals surface area contributed by atoms with Crippen LogP contribution in [0.3, 0.4) is 0 Å². The molecule has 1 unspecified atom stereocenters. The summed E-state index contributed by atoms with van der Waals surface area (Å²) in [6.07, 6.45) is 3.30. The van der Waals surface area contributed by atoms with Gasteiger partial charge in [0, 0.05) is 35.6 Å². The van der Waals surface area contributed by atoms with E-state index in [1.165, 1.54) is 18.9 Å². The van der Waals surface area contributed by atoms with Crippen LogP contribution in [-0.2, 0) is 14.3 Å². The highest BCUT2D eigenvalue weighted by Crippen LogP contribution is 2.25. The minimum Gasteiger partial charge on any atom is -0.467 e. The van der Waals surface area contributed by atoms with Gasteiger partial charge in [-0.05, 0) is 75.6 Å². The minimum absolute atomic E-state index is 0.167. The Bertz CT molecular complexity index is 816. The fourth-order valence-corrected chi connectivity index (χ4v) is 4.87. The number of thioether (sulfide) groups is 2. The van der Waals surface area contributed by atoms with Gasteiger partial charge < -0.3 is 25.4 Å². The van der Waals surface area contributed by atoms with Gasteiger partial charge in [0.2, 0.25) is 0 Å². The van der Waals surface area contributed by atoms with E-state index in [1.807, 2.05) is 33.1 Å². The molecule has 0 bridgehead atoms. The summed E-state index contributed by atoms with van der Waals surface area (Å²) in [7, 11) is 1.32. The van der Waals surface area contributed by atoms with Gasteiger partial charge >= 0.3 is 11.3 Å². The summed E-state index contributed by atoms with van der Waals surface area (Å²) in [5.74, 6) is -0.0239. The van der Waals surface area contributed by atoms with Crippen LogP contribution in [0.4, 0.5) is 10.5 Å². The molecular formula is C23H35N3O5S2. The molecule has 1 aliphatic rings. The lowest BCUT2D eigenvalue weighted by molar-refractivity contribution is -0.142. The van der Waals surface area contributed by atoms with E-state index in [4.69, 9.17) is 9.47 Å². The molecule has 10 heteroatoms. The molecule has 1 fully saturated rings. The SMILES string of the molecule is COC(=O)C(CCSC)NC(=O)c1cccc(NC[C@@H]2C[C@H](SC(=O)OC(C)(C)C)CN2)c1. The molecule has 0 radical (unpaired) electrons. The van der Waals surface area contributed by atoms with Crippen molar-refractivity contribution in [2.75, 3.05) is 37.5 Å². The predicted octanol–water partition coefficient (Wildman–Crippen LogP) is 3.52. The second-order valence-electron chi connectivity index (χ2n) is 8.84. The van der Waals surface area contributed by atoms with Crippen molar-refractivity contribution in [3.8, 4) is 0 Å². The average molecular weight is 498 g/mol. The molecule has 1 aliphatic heterocycles. The number of anilines is 1. The van der Waals surface area contributed by atoms with Crippen LogP contribution in [0.1, 0.15) is 44.0 Å². The topological polar surface area (TPSA) is 106 Å². The molecule has 33 heavy (non-hydrogen) atoms. The van der Waals surface area contributed by atoms with Gasteiger partial charge in [0.15, 0.2) is 0 Å². The van der Waals surface area contributed by atoms with Crippen molar-refractivity contribution in [3.05, 3.63) is 29.8 Å². The average Bonchev–Trinajstić information content (AvgIpc) is 3.20. The van der Waals surface area contributed by atoms with Crippen LogP contribution in [-0.4, -0.2) is 72.3 Å². The standard InChI is InChI=1S/C23H35N3O5S2/c1-23(2,3)31-22(29)33-18-12-17(25-14-18)13-24-16-8-6-7-15(11-16)20(27)26-19(9-10-32-5)21(28)30-4/h6-8,11,17-19,24-25H,9-10,12-14H2,1-5H3,(H,26,27)/t17-,18-,19?/m0/s1. The molecule has 1 aromatic carbocycles. The molecule has 8 nitrogen and oxygen atoms in total.